The van der Waals surface area contributed by atoms with Gasteiger partial charge in [0.1, 0.15) is 0 Å². The Kier molecular flexibility index (Phi) is 3.64. The van der Waals surface area contributed by atoms with Gasteiger partial charge in [0.15, 0.2) is 0 Å². The zero-order valence-electron chi connectivity index (χ0n) is 12.1. The molecule has 1 heterocycles. The van der Waals surface area contributed by atoms with Gasteiger partial charge in [0.05, 0.1) is 0 Å². The molecule has 1 saturated heterocycles. The van der Waals surface area contributed by atoms with Crippen molar-refractivity contribution in [1.82, 2.24) is 4.90 Å². The lowest BCUT2D eigenvalue weighted by Crippen LogP contribution is -2.39. The number of hydrogen-bond donors (Lipinski definition) is 1. The van der Waals surface area contributed by atoms with Gasteiger partial charge in [-0.05, 0) is 49.9 Å². The van der Waals surface area contributed by atoms with E-state index < -0.39 is 0 Å². The van der Waals surface area contributed by atoms with Gasteiger partial charge in [-0.3, -0.25) is 0 Å². The van der Waals surface area contributed by atoms with Gasteiger partial charge in [0, 0.05) is 12.1 Å². The molecule has 2 nitrogen and oxygen atoms in total. The molecule has 1 unspecified atom stereocenters. The van der Waals surface area contributed by atoms with Crippen LogP contribution in [0.1, 0.15) is 55.6 Å². The first-order valence-corrected chi connectivity index (χ1v) is 7.76. The maximum atomic E-state index is 6.77. The van der Waals surface area contributed by atoms with E-state index in [2.05, 4.69) is 36.2 Å². The lowest BCUT2D eigenvalue weighted by atomic mass is 9.74. The molecule has 0 spiro atoms. The largest absolute Gasteiger partial charge is 0.321 e. The first kappa shape index (κ1) is 13.1. The monoisotopic (exact) mass is 258 g/mol. The van der Waals surface area contributed by atoms with Crippen LogP contribution in [0.25, 0.3) is 0 Å². The van der Waals surface area contributed by atoms with E-state index in [0.29, 0.717) is 5.92 Å². The van der Waals surface area contributed by atoms with E-state index >= 15 is 0 Å². The van der Waals surface area contributed by atoms with Crippen molar-refractivity contribution in [1.29, 1.82) is 0 Å². The average molecular weight is 258 g/mol. The molecule has 104 valence electrons. The highest BCUT2D eigenvalue weighted by Gasteiger charge is 2.33. The van der Waals surface area contributed by atoms with Gasteiger partial charge >= 0.3 is 0 Å². The number of likely N-dealkylation sites (N-methyl/N-ethyl adjacent to an activating group) is 1. The Morgan fingerprint density at radius 3 is 2.58 bits per heavy atom. The third-order valence-electron chi connectivity index (χ3n) is 5.07. The summed E-state index contributed by atoms with van der Waals surface area (Å²) in [6.45, 7) is 2.41. The number of nitrogens with zero attached hydrogens (tertiary/aromatic N) is 1. The fourth-order valence-corrected chi connectivity index (χ4v) is 3.95. The van der Waals surface area contributed by atoms with Crippen molar-refractivity contribution >= 4 is 0 Å². The maximum absolute atomic E-state index is 6.77. The van der Waals surface area contributed by atoms with Gasteiger partial charge in [-0.25, -0.2) is 0 Å². The van der Waals surface area contributed by atoms with E-state index in [1.807, 2.05) is 0 Å². The molecular formula is C17H26N2. The van der Waals surface area contributed by atoms with Crippen molar-refractivity contribution in [3.05, 3.63) is 35.4 Å². The molecular weight excluding hydrogens is 232 g/mol. The highest BCUT2D eigenvalue weighted by Crippen LogP contribution is 2.40. The predicted molar refractivity (Wildman–Crippen MR) is 80.2 cm³/mol. The number of nitrogens with two attached hydrogens (primary N) is 1. The smallest absolute Gasteiger partial charge is 0.0412 e. The Morgan fingerprint density at radius 2 is 1.89 bits per heavy atom. The molecule has 0 aromatic heterocycles. The molecule has 1 aliphatic heterocycles. The van der Waals surface area contributed by atoms with Crippen LogP contribution in [0.15, 0.2) is 24.3 Å². The predicted octanol–water partition coefficient (Wildman–Crippen LogP) is 3.22. The number of hydrogen-bond acceptors (Lipinski definition) is 2. The topological polar surface area (TPSA) is 29.3 Å². The fourth-order valence-electron chi connectivity index (χ4n) is 3.95. The Labute approximate surface area is 117 Å². The number of rotatable bonds is 2. The summed E-state index contributed by atoms with van der Waals surface area (Å²) in [5, 5.41) is 0. The molecule has 0 bridgehead atoms. The Balaban J connectivity index is 1.92. The quantitative estimate of drug-likeness (QED) is 0.882. The van der Waals surface area contributed by atoms with Crippen LogP contribution in [0.3, 0.4) is 0 Å². The average Bonchev–Trinajstić information content (AvgIpc) is 2.86. The van der Waals surface area contributed by atoms with Crippen molar-refractivity contribution in [2.45, 2.75) is 50.0 Å². The lowest BCUT2D eigenvalue weighted by Gasteiger charge is -2.36. The van der Waals surface area contributed by atoms with Gasteiger partial charge in [-0.15, -0.1) is 0 Å². The summed E-state index contributed by atoms with van der Waals surface area (Å²) in [6, 6.07) is 8.96. The van der Waals surface area contributed by atoms with Gasteiger partial charge in [0.2, 0.25) is 0 Å². The second-order valence-corrected chi connectivity index (χ2v) is 6.55. The zero-order chi connectivity index (χ0) is 13.3. The molecule has 2 aliphatic rings. The zero-order valence-corrected chi connectivity index (χ0v) is 12.1. The standard InChI is InChI=1S/C17H26N2/c1-19-12-9-14(13-19)15-7-3-4-8-16(15)17(18)10-5-2-6-11-17/h3-4,7-8,14H,2,5-6,9-13,18H2,1H3. The summed E-state index contributed by atoms with van der Waals surface area (Å²) in [7, 11) is 2.22. The summed E-state index contributed by atoms with van der Waals surface area (Å²) in [5.74, 6) is 0.684. The molecule has 1 atom stereocenters. The summed E-state index contributed by atoms with van der Waals surface area (Å²) in [5.41, 5.74) is 9.67. The highest BCUT2D eigenvalue weighted by molar-refractivity contribution is 5.37. The fraction of sp³-hybridized carbons (Fsp3) is 0.647. The molecule has 0 amide bonds. The Morgan fingerprint density at radius 1 is 1.16 bits per heavy atom. The van der Waals surface area contributed by atoms with Crippen molar-refractivity contribution in [2.75, 3.05) is 20.1 Å². The van der Waals surface area contributed by atoms with E-state index in [-0.39, 0.29) is 5.54 Å². The molecule has 1 saturated carbocycles. The maximum Gasteiger partial charge on any atom is 0.0412 e. The first-order chi connectivity index (χ1) is 9.19. The number of likely N-dealkylation sites (tertiary alicyclic amines) is 1. The minimum Gasteiger partial charge on any atom is -0.321 e. The van der Waals surface area contributed by atoms with Crippen LogP contribution < -0.4 is 5.73 Å². The SMILES string of the molecule is CN1CCC(c2ccccc2C2(N)CCCCC2)C1. The third kappa shape index (κ3) is 2.56. The van der Waals surface area contributed by atoms with Crippen LogP contribution in [-0.4, -0.2) is 25.0 Å². The van der Waals surface area contributed by atoms with Gasteiger partial charge in [0.25, 0.3) is 0 Å². The normalized spacial score (nSPS) is 27.6. The van der Waals surface area contributed by atoms with Crippen LogP contribution in [-0.2, 0) is 5.54 Å². The van der Waals surface area contributed by atoms with Crippen LogP contribution >= 0.6 is 0 Å². The van der Waals surface area contributed by atoms with Crippen molar-refractivity contribution < 1.29 is 0 Å². The molecule has 1 aliphatic carbocycles. The minimum atomic E-state index is -0.0595. The van der Waals surface area contributed by atoms with Crippen molar-refractivity contribution in [3.63, 3.8) is 0 Å². The van der Waals surface area contributed by atoms with Crippen molar-refractivity contribution in [3.8, 4) is 0 Å². The van der Waals surface area contributed by atoms with E-state index in [1.165, 1.54) is 49.9 Å². The lowest BCUT2D eigenvalue weighted by molar-refractivity contribution is 0.299. The molecule has 2 fully saturated rings. The molecule has 2 N–H and O–H groups in total. The van der Waals surface area contributed by atoms with Gasteiger partial charge in [-0.2, -0.15) is 0 Å². The molecule has 3 rings (SSSR count). The third-order valence-corrected chi connectivity index (χ3v) is 5.07. The van der Waals surface area contributed by atoms with Crippen molar-refractivity contribution in [2.24, 2.45) is 5.73 Å². The molecule has 0 radical (unpaired) electrons. The molecule has 1 aromatic rings. The summed E-state index contributed by atoms with van der Waals surface area (Å²) in [4.78, 5) is 2.44. The first-order valence-electron chi connectivity index (χ1n) is 7.76. The molecule has 1 aromatic carbocycles. The molecule has 19 heavy (non-hydrogen) atoms. The van der Waals surface area contributed by atoms with E-state index in [9.17, 15) is 0 Å². The van der Waals surface area contributed by atoms with E-state index in [1.54, 1.807) is 0 Å². The minimum absolute atomic E-state index is 0.0595. The van der Waals surface area contributed by atoms with Crippen LogP contribution in [0.4, 0.5) is 0 Å². The van der Waals surface area contributed by atoms with Crippen LogP contribution in [0.5, 0.6) is 0 Å². The summed E-state index contributed by atoms with van der Waals surface area (Å²) in [6.07, 6.45) is 7.53. The summed E-state index contributed by atoms with van der Waals surface area (Å²) < 4.78 is 0. The van der Waals surface area contributed by atoms with E-state index in [4.69, 9.17) is 5.73 Å². The van der Waals surface area contributed by atoms with Gasteiger partial charge < -0.3 is 10.6 Å². The Hall–Kier alpha value is -0.860. The Bertz CT molecular complexity index is 435. The van der Waals surface area contributed by atoms with Crippen LogP contribution in [0, 0.1) is 0 Å². The number of benzene rings is 1. The van der Waals surface area contributed by atoms with Gasteiger partial charge in [-0.1, -0.05) is 43.5 Å². The second kappa shape index (κ2) is 5.26. The summed E-state index contributed by atoms with van der Waals surface area (Å²) >= 11 is 0. The molecule has 2 heteroatoms. The highest BCUT2D eigenvalue weighted by atomic mass is 15.1. The second-order valence-electron chi connectivity index (χ2n) is 6.55. The van der Waals surface area contributed by atoms with E-state index in [0.717, 1.165) is 12.8 Å². The van der Waals surface area contributed by atoms with Crippen LogP contribution in [0.2, 0.25) is 0 Å².